The molecule has 0 aromatic carbocycles. The summed E-state index contributed by atoms with van der Waals surface area (Å²) in [4.78, 5) is 0. The highest BCUT2D eigenvalue weighted by molar-refractivity contribution is 14.1. The quantitative estimate of drug-likeness (QED) is 0.348. The average Bonchev–Trinajstić information content (AvgIpc) is 1.99. The lowest BCUT2D eigenvalue weighted by atomic mass is 9.80. The van der Waals surface area contributed by atoms with E-state index in [1.165, 1.54) is 0 Å². The van der Waals surface area contributed by atoms with Gasteiger partial charge in [-0.05, 0) is 19.3 Å². The summed E-state index contributed by atoms with van der Waals surface area (Å²) in [5.74, 6) is -3.61. The lowest BCUT2D eigenvalue weighted by molar-refractivity contribution is -0.220. The second-order valence-corrected chi connectivity index (χ2v) is 5.54. The molecule has 0 N–H and O–H groups in total. The molecule has 1 saturated carbocycles. The van der Waals surface area contributed by atoms with E-state index >= 15 is 0 Å². The summed E-state index contributed by atoms with van der Waals surface area (Å²) in [5.41, 5.74) is 0. The molecule has 0 aromatic heterocycles. The maximum atomic E-state index is 12.3. The Balaban J connectivity index is 2.73. The molecule has 0 amide bonds. The van der Waals surface area contributed by atoms with E-state index in [0.29, 0.717) is 0 Å². The number of halogens is 7. The Morgan fingerprint density at radius 3 is 1.33 bits per heavy atom. The van der Waals surface area contributed by atoms with Gasteiger partial charge in [-0.25, -0.2) is 0 Å². The van der Waals surface area contributed by atoms with Crippen molar-refractivity contribution < 1.29 is 26.3 Å². The highest BCUT2D eigenvalue weighted by Gasteiger charge is 2.51. The lowest BCUT2D eigenvalue weighted by Gasteiger charge is -2.34. The molecular formula is C8H9F6I. The first kappa shape index (κ1) is 13.4. The zero-order chi connectivity index (χ0) is 11.9. The highest BCUT2D eigenvalue weighted by Crippen LogP contribution is 2.47. The van der Waals surface area contributed by atoms with Crippen LogP contribution in [0.15, 0.2) is 0 Å². The first-order valence-corrected chi connectivity index (χ1v) is 5.62. The molecule has 1 aliphatic rings. The van der Waals surface area contributed by atoms with Crippen molar-refractivity contribution in [3.05, 3.63) is 0 Å². The van der Waals surface area contributed by atoms with Gasteiger partial charge >= 0.3 is 12.4 Å². The van der Waals surface area contributed by atoms with E-state index in [0.717, 1.165) is 0 Å². The summed E-state index contributed by atoms with van der Waals surface area (Å²) in [6, 6.07) is 0. The third-order valence-corrected chi connectivity index (χ3v) is 3.59. The molecule has 0 bridgehead atoms. The topological polar surface area (TPSA) is 0 Å². The highest BCUT2D eigenvalue weighted by atomic mass is 127. The Morgan fingerprint density at radius 2 is 1.07 bits per heavy atom. The van der Waals surface area contributed by atoms with Crippen molar-refractivity contribution in [1.29, 1.82) is 0 Å². The fourth-order valence-corrected chi connectivity index (χ4v) is 3.01. The molecule has 0 saturated heterocycles. The Kier molecular flexibility index (Phi) is 3.83. The zero-order valence-corrected chi connectivity index (χ0v) is 9.66. The summed E-state index contributed by atoms with van der Waals surface area (Å²) >= 11 is 1.67. The normalized spacial score (nSPS) is 34.2. The molecule has 1 fully saturated rings. The predicted molar refractivity (Wildman–Crippen MR) is 50.7 cm³/mol. The van der Waals surface area contributed by atoms with Gasteiger partial charge in [-0.2, -0.15) is 26.3 Å². The maximum Gasteiger partial charge on any atom is 0.391 e. The van der Waals surface area contributed by atoms with Crippen LogP contribution in [0.4, 0.5) is 26.3 Å². The van der Waals surface area contributed by atoms with Crippen molar-refractivity contribution in [2.75, 3.05) is 0 Å². The fourth-order valence-electron chi connectivity index (χ4n) is 1.78. The van der Waals surface area contributed by atoms with Crippen LogP contribution >= 0.6 is 22.6 Å². The SMILES string of the molecule is FC(F)(F)C1CC(I)C[C@@H](C(F)(F)F)C1. The monoisotopic (exact) mass is 346 g/mol. The molecule has 90 valence electrons. The Bertz CT molecular complexity index is 198. The maximum absolute atomic E-state index is 12.3. The molecule has 1 aliphatic carbocycles. The van der Waals surface area contributed by atoms with Gasteiger partial charge in [-0.15, -0.1) is 0 Å². The summed E-state index contributed by atoms with van der Waals surface area (Å²) in [6.07, 6.45) is -10.2. The Labute approximate surface area is 96.5 Å². The van der Waals surface area contributed by atoms with E-state index < -0.39 is 34.5 Å². The van der Waals surface area contributed by atoms with E-state index in [2.05, 4.69) is 0 Å². The van der Waals surface area contributed by atoms with Crippen LogP contribution in [-0.2, 0) is 0 Å². The molecule has 7 heteroatoms. The van der Waals surface area contributed by atoms with Crippen molar-refractivity contribution in [2.24, 2.45) is 11.8 Å². The minimum Gasteiger partial charge on any atom is -0.171 e. The minimum absolute atomic E-state index is 0.198. The molecule has 1 rings (SSSR count). The molecule has 0 radical (unpaired) electrons. The van der Waals surface area contributed by atoms with Crippen molar-refractivity contribution in [3.8, 4) is 0 Å². The third-order valence-electron chi connectivity index (χ3n) is 2.58. The first-order chi connectivity index (χ1) is 6.60. The molecule has 0 heterocycles. The van der Waals surface area contributed by atoms with Crippen LogP contribution in [0, 0.1) is 11.8 Å². The molecule has 15 heavy (non-hydrogen) atoms. The number of hydrogen-bond donors (Lipinski definition) is 0. The van der Waals surface area contributed by atoms with Crippen LogP contribution in [0.5, 0.6) is 0 Å². The summed E-state index contributed by atoms with van der Waals surface area (Å²) < 4.78 is 73.3. The molecule has 3 atom stereocenters. The van der Waals surface area contributed by atoms with Crippen molar-refractivity contribution in [3.63, 3.8) is 0 Å². The van der Waals surface area contributed by atoms with E-state index in [9.17, 15) is 26.3 Å². The largest absolute Gasteiger partial charge is 0.391 e. The van der Waals surface area contributed by atoms with E-state index in [1.807, 2.05) is 0 Å². The second kappa shape index (κ2) is 4.29. The fraction of sp³-hybridized carbons (Fsp3) is 1.00. The van der Waals surface area contributed by atoms with Gasteiger partial charge in [0.2, 0.25) is 0 Å². The third kappa shape index (κ3) is 3.67. The lowest BCUT2D eigenvalue weighted by Crippen LogP contribution is -2.38. The van der Waals surface area contributed by atoms with Crippen LogP contribution in [0.2, 0.25) is 0 Å². The van der Waals surface area contributed by atoms with Gasteiger partial charge in [0.1, 0.15) is 0 Å². The van der Waals surface area contributed by atoms with E-state index in [1.54, 1.807) is 22.6 Å². The average molecular weight is 346 g/mol. The predicted octanol–water partition coefficient (Wildman–Crippen LogP) is 4.33. The molecule has 0 aromatic rings. The van der Waals surface area contributed by atoms with Crippen LogP contribution < -0.4 is 0 Å². The van der Waals surface area contributed by atoms with Gasteiger partial charge in [0.15, 0.2) is 0 Å². The van der Waals surface area contributed by atoms with Crippen molar-refractivity contribution in [2.45, 2.75) is 35.5 Å². The number of hydrogen-bond acceptors (Lipinski definition) is 0. The molecular weight excluding hydrogens is 337 g/mol. The smallest absolute Gasteiger partial charge is 0.171 e. The number of rotatable bonds is 0. The second-order valence-electron chi connectivity index (χ2n) is 3.78. The van der Waals surface area contributed by atoms with Gasteiger partial charge in [-0.1, -0.05) is 22.6 Å². The molecule has 0 spiro atoms. The van der Waals surface area contributed by atoms with Gasteiger partial charge in [-0.3, -0.25) is 0 Å². The number of alkyl halides is 7. The molecule has 0 nitrogen and oxygen atoms in total. The van der Waals surface area contributed by atoms with Gasteiger partial charge in [0.25, 0.3) is 0 Å². The van der Waals surface area contributed by atoms with E-state index in [-0.39, 0.29) is 12.8 Å². The van der Waals surface area contributed by atoms with Crippen LogP contribution in [0.25, 0.3) is 0 Å². The van der Waals surface area contributed by atoms with Crippen molar-refractivity contribution in [1.82, 2.24) is 0 Å². The van der Waals surface area contributed by atoms with Gasteiger partial charge < -0.3 is 0 Å². The Hall–Kier alpha value is 0.310. The molecule has 2 unspecified atom stereocenters. The van der Waals surface area contributed by atoms with Crippen molar-refractivity contribution >= 4 is 22.6 Å². The summed E-state index contributed by atoms with van der Waals surface area (Å²) in [6.45, 7) is 0. The molecule has 0 aliphatic heterocycles. The van der Waals surface area contributed by atoms with Crippen LogP contribution in [-0.4, -0.2) is 16.3 Å². The minimum atomic E-state index is -4.51. The zero-order valence-electron chi connectivity index (χ0n) is 7.50. The first-order valence-electron chi connectivity index (χ1n) is 4.38. The summed E-state index contributed by atoms with van der Waals surface area (Å²) in [7, 11) is 0. The standard InChI is InChI=1S/C8H9F6I/c9-7(10,11)4-1-5(8(12,13)14)3-6(15)2-4/h4-6H,1-3H2/t4-,5?,6?/m0/s1. The van der Waals surface area contributed by atoms with E-state index in [4.69, 9.17) is 0 Å². The summed E-state index contributed by atoms with van der Waals surface area (Å²) in [5, 5.41) is 0. The van der Waals surface area contributed by atoms with Gasteiger partial charge in [0.05, 0.1) is 11.8 Å². The van der Waals surface area contributed by atoms with Gasteiger partial charge in [0, 0.05) is 3.92 Å². The van der Waals surface area contributed by atoms with Crippen LogP contribution in [0.1, 0.15) is 19.3 Å². The Morgan fingerprint density at radius 1 is 0.733 bits per heavy atom. The van der Waals surface area contributed by atoms with Crippen LogP contribution in [0.3, 0.4) is 0 Å².